The van der Waals surface area contributed by atoms with Crippen molar-refractivity contribution in [1.29, 1.82) is 0 Å². The van der Waals surface area contributed by atoms with Crippen LogP contribution < -0.4 is 34.0 Å². The Labute approximate surface area is 83.6 Å². The number of hydrogen-bond acceptors (Lipinski definition) is 0. The molecule has 0 spiro atoms. The van der Waals surface area contributed by atoms with Crippen molar-refractivity contribution in [3.05, 3.63) is 0 Å². The predicted molar refractivity (Wildman–Crippen MR) is 21.7 cm³/mol. The topological polar surface area (TPSA) is 189 Å². The molecule has 71 valence electrons. The van der Waals surface area contributed by atoms with Gasteiger partial charge in [-0.1, -0.05) is 0 Å². The Kier molecular flexibility index (Phi) is 26700. The Balaban J connectivity index is 0. The second-order valence-corrected chi connectivity index (χ2v) is 0. The van der Waals surface area contributed by atoms with Crippen LogP contribution in [0.25, 0.3) is 0 Å². The van der Waals surface area contributed by atoms with Crippen molar-refractivity contribution in [2.45, 2.75) is 0 Å². The predicted octanol–water partition coefficient (Wildman–Crippen LogP) is -10.9. The minimum Gasteiger partial charge on any atom is -1.00 e. The summed E-state index contributed by atoms with van der Waals surface area (Å²) in [6.07, 6.45) is 0. The van der Waals surface area contributed by atoms with E-state index in [1.807, 2.05) is 0 Å². The van der Waals surface area contributed by atoms with Crippen molar-refractivity contribution in [2.24, 2.45) is 0 Å². The third kappa shape index (κ3) is 320. The van der Waals surface area contributed by atoms with Crippen LogP contribution in [0.15, 0.2) is 0 Å². The van der Waals surface area contributed by atoms with Crippen LogP contribution in [0.4, 0.5) is 0 Å². The Bertz CT molecular complexity index is 11.0. The third-order valence-corrected chi connectivity index (χ3v) is 0. The van der Waals surface area contributed by atoms with E-state index in [1.165, 1.54) is 0 Å². The zero-order valence-electron chi connectivity index (χ0n) is 4.09. The molecule has 0 aliphatic rings. The summed E-state index contributed by atoms with van der Waals surface area (Å²) < 4.78 is 0. The molecule has 0 aromatic rings. The standard InChI is InChI=1S/2BrH.Co.6H2O/h2*1H;;6*1H2/q;;+2;;;;;;/p-2. The average Bonchev–Trinajstić information content (AvgIpc) is 0. The second kappa shape index (κ2) is 415. The number of hydrogen-bond donors (Lipinski definition) is 0. The molecule has 6 nitrogen and oxygen atoms in total. The fourth-order valence-corrected chi connectivity index (χ4v) is 0. The van der Waals surface area contributed by atoms with Crippen LogP contribution in [0.2, 0.25) is 0 Å². The van der Waals surface area contributed by atoms with Crippen molar-refractivity contribution >= 4 is 0 Å². The van der Waals surface area contributed by atoms with E-state index >= 15 is 0 Å². The first-order valence-electron chi connectivity index (χ1n) is 0. The molecule has 9 heavy (non-hydrogen) atoms. The number of rotatable bonds is 0. The molecule has 0 bridgehead atoms. The third-order valence-electron chi connectivity index (χ3n) is 0. The van der Waals surface area contributed by atoms with Gasteiger partial charge in [0.1, 0.15) is 0 Å². The molecule has 0 rings (SSSR count). The largest absolute Gasteiger partial charge is 2.00 e. The first kappa shape index (κ1) is 579. The average molecular weight is 327 g/mol. The van der Waals surface area contributed by atoms with Gasteiger partial charge in [-0.2, -0.15) is 0 Å². The maximum absolute atomic E-state index is 0. The summed E-state index contributed by atoms with van der Waals surface area (Å²) in [4.78, 5) is 0. The van der Waals surface area contributed by atoms with Crippen molar-refractivity contribution in [3.8, 4) is 0 Å². The van der Waals surface area contributed by atoms with Crippen molar-refractivity contribution < 1.29 is 83.6 Å². The van der Waals surface area contributed by atoms with Crippen LogP contribution in [-0.2, 0) is 16.8 Å². The van der Waals surface area contributed by atoms with Gasteiger partial charge in [0.2, 0.25) is 0 Å². The van der Waals surface area contributed by atoms with Crippen molar-refractivity contribution in [2.75, 3.05) is 0 Å². The first-order chi connectivity index (χ1) is 0. The zero-order chi connectivity index (χ0) is 0. The van der Waals surface area contributed by atoms with Crippen LogP contribution in [-0.4, -0.2) is 32.9 Å². The maximum Gasteiger partial charge on any atom is 2.00 e. The van der Waals surface area contributed by atoms with Gasteiger partial charge in [-0.25, -0.2) is 0 Å². The van der Waals surface area contributed by atoms with Gasteiger partial charge >= 0.3 is 16.8 Å². The van der Waals surface area contributed by atoms with E-state index < -0.39 is 0 Å². The summed E-state index contributed by atoms with van der Waals surface area (Å²) in [6.45, 7) is 0. The van der Waals surface area contributed by atoms with E-state index in [4.69, 9.17) is 0 Å². The molecular weight excluding hydrogens is 315 g/mol. The molecule has 1 radical (unpaired) electrons. The fourth-order valence-electron chi connectivity index (χ4n) is 0. The molecule has 9 heteroatoms. The molecule has 0 fully saturated rings. The molecule has 0 atom stereocenters. The molecule has 0 unspecified atom stereocenters. The van der Waals surface area contributed by atoms with Crippen molar-refractivity contribution in [3.63, 3.8) is 0 Å². The Hall–Kier alpha value is 1.23. The van der Waals surface area contributed by atoms with Gasteiger partial charge in [-0.3, -0.25) is 0 Å². The quantitative estimate of drug-likeness (QED) is 0.409. The molecule has 0 aromatic carbocycles. The SMILES string of the molecule is O.O.O.O.O.O.[Br-].[Br-].[Co+2]. The van der Waals surface area contributed by atoms with E-state index in [9.17, 15) is 0 Å². The maximum atomic E-state index is 0. The minimum absolute atomic E-state index is 0. The second-order valence-electron chi connectivity index (χ2n) is 0. The summed E-state index contributed by atoms with van der Waals surface area (Å²) in [7, 11) is 0. The van der Waals surface area contributed by atoms with Gasteiger partial charge in [-0.15, -0.1) is 0 Å². The summed E-state index contributed by atoms with van der Waals surface area (Å²) in [5.41, 5.74) is 0. The monoisotopic (exact) mass is 325 g/mol. The Morgan fingerprint density at radius 1 is 0.333 bits per heavy atom. The van der Waals surface area contributed by atoms with Crippen LogP contribution in [0.5, 0.6) is 0 Å². The molecule has 0 saturated carbocycles. The number of halogens is 2. The van der Waals surface area contributed by atoms with E-state index in [-0.39, 0.29) is 83.6 Å². The summed E-state index contributed by atoms with van der Waals surface area (Å²) in [5.74, 6) is 0. The Morgan fingerprint density at radius 3 is 0.333 bits per heavy atom. The van der Waals surface area contributed by atoms with Gasteiger partial charge < -0.3 is 66.8 Å². The van der Waals surface area contributed by atoms with Crippen LogP contribution >= 0.6 is 0 Å². The normalized spacial score (nSPS) is 0. The minimum atomic E-state index is 0. The van der Waals surface area contributed by atoms with E-state index in [2.05, 4.69) is 0 Å². The summed E-state index contributed by atoms with van der Waals surface area (Å²) in [5, 5.41) is 0. The van der Waals surface area contributed by atoms with Crippen molar-refractivity contribution in [1.82, 2.24) is 0 Å². The smallest absolute Gasteiger partial charge is 1.00 e. The van der Waals surface area contributed by atoms with E-state index in [0.29, 0.717) is 0 Å². The van der Waals surface area contributed by atoms with Gasteiger partial charge in [0.05, 0.1) is 0 Å². The fraction of sp³-hybridized carbons (Fsp3) is 0. The van der Waals surface area contributed by atoms with Crippen LogP contribution in [0, 0.1) is 0 Å². The van der Waals surface area contributed by atoms with Gasteiger partial charge in [0, 0.05) is 0 Å². The Morgan fingerprint density at radius 2 is 0.333 bits per heavy atom. The summed E-state index contributed by atoms with van der Waals surface area (Å²) in [6, 6.07) is 0. The van der Waals surface area contributed by atoms with Crippen LogP contribution in [0.1, 0.15) is 0 Å². The first-order valence-corrected chi connectivity index (χ1v) is 0. The zero-order valence-corrected chi connectivity index (χ0v) is 8.30. The summed E-state index contributed by atoms with van der Waals surface area (Å²) >= 11 is 0. The van der Waals surface area contributed by atoms with Crippen LogP contribution in [0.3, 0.4) is 0 Å². The molecule has 0 amide bonds. The van der Waals surface area contributed by atoms with Gasteiger partial charge in [0.25, 0.3) is 0 Å². The molecule has 0 saturated heterocycles. The molecule has 0 aliphatic heterocycles. The molecule has 0 heterocycles. The molecule has 0 aromatic heterocycles. The van der Waals surface area contributed by atoms with Gasteiger partial charge in [-0.05, 0) is 0 Å². The van der Waals surface area contributed by atoms with Gasteiger partial charge in [0.15, 0.2) is 0 Å². The molecular formula is H12Br2CoO6. The van der Waals surface area contributed by atoms with E-state index in [1.54, 1.807) is 0 Å². The molecule has 0 aliphatic carbocycles. The molecule has 12 N–H and O–H groups in total. The van der Waals surface area contributed by atoms with E-state index in [0.717, 1.165) is 0 Å².